The van der Waals surface area contributed by atoms with E-state index in [1.165, 1.54) is 0 Å². The Kier molecular flexibility index (Phi) is 7.97. The summed E-state index contributed by atoms with van der Waals surface area (Å²) in [4.78, 5) is 23.7. The molecule has 0 spiro atoms. The van der Waals surface area contributed by atoms with Crippen LogP contribution in [0.5, 0.6) is 0 Å². The highest BCUT2D eigenvalue weighted by molar-refractivity contribution is 5.99. The molecule has 170 valence electrons. The molecule has 0 aliphatic carbocycles. The van der Waals surface area contributed by atoms with Gasteiger partial charge in [-0.15, -0.1) is 0 Å². The number of carbonyl (C=O) groups excluding carboxylic acids is 1. The molecular formula is C24H32N7O-. The minimum atomic E-state index is -0.457. The summed E-state index contributed by atoms with van der Waals surface area (Å²) in [6.07, 6.45) is -0.457. The fourth-order valence-corrected chi connectivity index (χ4v) is 3.48. The number of anilines is 3. The molecule has 0 bridgehead atoms. The van der Waals surface area contributed by atoms with Crippen LogP contribution in [-0.2, 0) is 0 Å². The van der Waals surface area contributed by atoms with E-state index in [9.17, 15) is 4.79 Å². The minimum absolute atomic E-state index is 0.0573. The van der Waals surface area contributed by atoms with Crippen LogP contribution in [0.15, 0.2) is 42.5 Å². The van der Waals surface area contributed by atoms with Gasteiger partial charge in [-0.25, -0.2) is 4.98 Å². The Hall–Kier alpha value is -3.23. The largest absolute Gasteiger partial charge is 0.658 e. The number of rotatable bonds is 10. The van der Waals surface area contributed by atoms with Gasteiger partial charge in [-0.3, -0.25) is 4.79 Å². The fourth-order valence-electron chi connectivity index (χ4n) is 3.48. The van der Waals surface area contributed by atoms with E-state index in [-0.39, 0.29) is 5.91 Å². The number of carbonyl (C=O) groups is 1. The molecule has 3 rings (SSSR count). The Bertz CT molecular complexity index is 1060. The summed E-state index contributed by atoms with van der Waals surface area (Å²) in [6, 6.07) is 13.4. The van der Waals surface area contributed by atoms with Crippen LogP contribution < -0.4 is 16.0 Å². The van der Waals surface area contributed by atoms with Gasteiger partial charge in [0, 0.05) is 36.1 Å². The number of aromatic nitrogens is 2. The maximum absolute atomic E-state index is 12.5. The van der Waals surface area contributed by atoms with E-state index in [2.05, 4.69) is 44.7 Å². The summed E-state index contributed by atoms with van der Waals surface area (Å²) >= 11 is 0. The Labute approximate surface area is 189 Å². The number of nitrogens with zero attached hydrogens (tertiary/aromatic N) is 3. The van der Waals surface area contributed by atoms with E-state index < -0.39 is 6.17 Å². The van der Waals surface area contributed by atoms with E-state index in [1.807, 2.05) is 49.4 Å². The van der Waals surface area contributed by atoms with Gasteiger partial charge < -0.3 is 26.6 Å². The van der Waals surface area contributed by atoms with Crippen molar-refractivity contribution in [2.75, 3.05) is 36.8 Å². The van der Waals surface area contributed by atoms with E-state index in [4.69, 9.17) is 5.73 Å². The summed E-state index contributed by atoms with van der Waals surface area (Å²) in [5.41, 5.74) is 9.98. The molecule has 0 saturated carbocycles. The van der Waals surface area contributed by atoms with Crippen LogP contribution in [0.2, 0.25) is 0 Å². The third-order valence-electron chi connectivity index (χ3n) is 5.19. The molecule has 1 heterocycles. The standard InChI is InChI=1S/C24H32N7O/c1-5-31(6-2)12-11-26-23(32)20-8-7-19-15-21(10-9-18(19)14-20)29-24-27-16(3)13-22(30-24)28-17(4)25/h7-10,13-15,17,25H,5-6,11-12H2,1-4H3,(H,26,32)(H2,27,28,29,30)/q-1. The first-order chi connectivity index (χ1) is 15.4. The van der Waals surface area contributed by atoms with Crippen LogP contribution in [0.3, 0.4) is 0 Å². The van der Waals surface area contributed by atoms with Crippen molar-refractivity contribution >= 4 is 34.1 Å². The zero-order valence-electron chi connectivity index (χ0n) is 19.2. The van der Waals surface area contributed by atoms with Gasteiger partial charge in [0.15, 0.2) is 0 Å². The molecule has 2 aromatic carbocycles. The number of amides is 1. The van der Waals surface area contributed by atoms with E-state index in [0.717, 1.165) is 41.8 Å². The van der Waals surface area contributed by atoms with Crippen molar-refractivity contribution in [3.05, 3.63) is 59.5 Å². The van der Waals surface area contributed by atoms with Crippen molar-refractivity contribution in [1.82, 2.24) is 20.2 Å². The van der Waals surface area contributed by atoms with Crippen LogP contribution in [0.25, 0.3) is 16.5 Å². The zero-order chi connectivity index (χ0) is 23.1. The topological polar surface area (TPSA) is 106 Å². The highest BCUT2D eigenvalue weighted by Gasteiger charge is 2.08. The second kappa shape index (κ2) is 10.9. The lowest BCUT2D eigenvalue weighted by Crippen LogP contribution is -2.34. The molecule has 32 heavy (non-hydrogen) atoms. The van der Waals surface area contributed by atoms with Gasteiger partial charge in [0.25, 0.3) is 5.91 Å². The van der Waals surface area contributed by atoms with Gasteiger partial charge in [0.05, 0.1) is 0 Å². The second-order valence-corrected chi connectivity index (χ2v) is 7.77. The summed E-state index contributed by atoms with van der Waals surface area (Å²) in [5, 5.41) is 11.2. The highest BCUT2D eigenvalue weighted by Crippen LogP contribution is 2.23. The normalized spacial score (nSPS) is 12.1. The molecule has 1 aromatic heterocycles. The number of likely N-dealkylation sites (N-methyl/N-ethyl adjacent to an activating group) is 1. The lowest BCUT2D eigenvalue weighted by atomic mass is 10.1. The number of nitrogens with one attached hydrogen (secondary N) is 4. The molecular weight excluding hydrogens is 402 g/mol. The van der Waals surface area contributed by atoms with E-state index >= 15 is 0 Å². The average Bonchev–Trinajstić information content (AvgIpc) is 2.75. The summed E-state index contributed by atoms with van der Waals surface area (Å²) in [6.45, 7) is 11.3. The predicted molar refractivity (Wildman–Crippen MR) is 132 cm³/mol. The predicted octanol–water partition coefficient (Wildman–Crippen LogP) is 4.56. The molecule has 1 atom stereocenters. The fraction of sp³-hybridized carbons (Fsp3) is 0.375. The Balaban J connectivity index is 1.70. The summed E-state index contributed by atoms with van der Waals surface area (Å²) in [7, 11) is 0. The van der Waals surface area contributed by atoms with Gasteiger partial charge in [0.1, 0.15) is 5.82 Å². The Morgan fingerprint density at radius 1 is 1.06 bits per heavy atom. The van der Waals surface area contributed by atoms with Gasteiger partial charge in [0.2, 0.25) is 5.95 Å². The number of fused-ring (bicyclic) bond motifs is 1. The van der Waals surface area contributed by atoms with Gasteiger partial charge in [-0.1, -0.05) is 39.1 Å². The van der Waals surface area contributed by atoms with Crippen LogP contribution in [0.4, 0.5) is 17.5 Å². The first kappa shape index (κ1) is 23.4. The first-order valence-corrected chi connectivity index (χ1v) is 11.0. The third kappa shape index (κ3) is 6.38. The molecule has 4 N–H and O–H groups in total. The van der Waals surface area contributed by atoms with Crippen molar-refractivity contribution in [1.29, 1.82) is 0 Å². The first-order valence-electron chi connectivity index (χ1n) is 11.0. The molecule has 8 heteroatoms. The molecule has 1 unspecified atom stereocenters. The lowest BCUT2D eigenvalue weighted by Gasteiger charge is -2.18. The van der Waals surface area contributed by atoms with E-state index in [1.54, 1.807) is 6.92 Å². The molecule has 0 aliphatic heterocycles. The van der Waals surface area contributed by atoms with Crippen LogP contribution in [0, 0.1) is 6.92 Å². The number of aryl methyl sites for hydroxylation is 1. The molecule has 3 aromatic rings. The van der Waals surface area contributed by atoms with Crippen molar-refractivity contribution in [3.8, 4) is 0 Å². The number of hydrogen-bond donors (Lipinski definition) is 3. The van der Waals surface area contributed by atoms with Gasteiger partial charge in [-0.05, 0) is 55.1 Å². The quantitative estimate of drug-likeness (QED) is 0.432. The number of benzene rings is 2. The molecule has 0 saturated heterocycles. The smallest absolute Gasteiger partial charge is 0.251 e. The van der Waals surface area contributed by atoms with Crippen LogP contribution in [0.1, 0.15) is 36.8 Å². The minimum Gasteiger partial charge on any atom is -0.658 e. The summed E-state index contributed by atoms with van der Waals surface area (Å²) < 4.78 is 0. The Morgan fingerprint density at radius 2 is 1.78 bits per heavy atom. The Morgan fingerprint density at radius 3 is 2.50 bits per heavy atom. The zero-order valence-corrected chi connectivity index (χ0v) is 19.2. The number of hydrogen-bond acceptors (Lipinski definition) is 6. The molecule has 0 aliphatic rings. The molecule has 8 nitrogen and oxygen atoms in total. The maximum Gasteiger partial charge on any atom is 0.251 e. The second-order valence-electron chi connectivity index (χ2n) is 7.77. The highest BCUT2D eigenvalue weighted by atomic mass is 16.1. The van der Waals surface area contributed by atoms with Crippen molar-refractivity contribution in [2.24, 2.45) is 0 Å². The van der Waals surface area contributed by atoms with Gasteiger partial charge in [-0.2, -0.15) is 4.98 Å². The van der Waals surface area contributed by atoms with Crippen LogP contribution >= 0.6 is 0 Å². The molecule has 0 radical (unpaired) electrons. The third-order valence-corrected chi connectivity index (χ3v) is 5.19. The van der Waals surface area contributed by atoms with E-state index in [0.29, 0.717) is 23.9 Å². The average molecular weight is 435 g/mol. The SMILES string of the molecule is CCN(CC)CCNC(=O)c1ccc2cc(Nc3nc(C)cc(NC(C)[NH-])n3)ccc2c1. The van der Waals surface area contributed by atoms with Crippen LogP contribution in [-0.4, -0.2) is 53.1 Å². The maximum atomic E-state index is 12.5. The summed E-state index contributed by atoms with van der Waals surface area (Å²) in [5.74, 6) is 1.02. The molecule has 1 amide bonds. The monoisotopic (exact) mass is 434 g/mol. The van der Waals surface area contributed by atoms with Crippen molar-refractivity contribution in [2.45, 2.75) is 33.9 Å². The van der Waals surface area contributed by atoms with Crippen molar-refractivity contribution in [3.63, 3.8) is 0 Å². The van der Waals surface area contributed by atoms with Crippen molar-refractivity contribution < 1.29 is 4.79 Å². The van der Waals surface area contributed by atoms with Gasteiger partial charge >= 0.3 is 0 Å². The lowest BCUT2D eigenvalue weighted by molar-refractivity contribution is 0.0949. The molecule has 0 fully saturated rings.